The number of hydrogen-bond donors (Lipinski definition) is 1. The third-order valence-electron chi connectivity index (χ3n) is 6.62. The standard InChI is InChI=1S/C21H25Cl2N5O/c1-13-18(27-11-9-21(10-12-27)8-4-7-16(21)25-2)26-20(24)28(19(13)29)15-6-3-5-14(22)17(15)23/h3,5-6,16H,2,4,7-12H2,1H3,(H2,24,26)/t16-/m0/s1. The Morgan fingerprint density at radius 3 is 2.69 bits per heavy atom. The van der Waals surface area contributed by atoms with Gasteiger partial charge in [0.15, 0.2) is 0 Å². The first kappa shape index (κ1) is 20.2. The molecule has 2 aromatic rings. The van der Waals surface area contributed by atoms with Crippen LogP contribution in [0.25, 0.3) is 5.69 Å². The molecular formula is C21H25Cl2N5O. The summed E-state index contributed by atoms with van der Waals surface area (Å²) in [6, 6.07) is 5.46. The van der Waals surface area contributed by atoms with Gasteiger partial charge in [-0.25, -0.2) is 4.57 Å². The second-order valence-electron chi connectivity index (χ2n) is 8.07. The lowest BCUT2D eigenvalue weighted by atomic mass is 9.74. The van der Waals surface area contributed by atoms with E-state index >= 15 is 0 Å². The zero-order valence-corrected chi connectivity index (χ0v) is 18.0. The smallest absolute Gasteiger partial charge is 0.264 e. The van der Waals surface area contributed by atoms with E-state index in [9.17, 15) is 4.79 Å². The van der Waals surface area contributed by atoms with Gasteiger partial charge < -0.3 is 10.6 Å². The average molecular weight is 434 g/mol. The molecule has 1 saturated carbocycles. The van der Waals surface area contributed by atoms with Crippen LogP contribution < -0.4 is 16.2 Å². The Bertz CT molecular complexity index is 1010. The lowest BCUT2D eigenvalue weighted by Crippen LogP contribution is -2.44. The lowest BCUT2D eigenvalue weighted by Gasteiger charge is -2.42. The van der Waals surface area contributed by atoms with Gasteiger partial charge in [0, 0.05) is 13.1 Å². The maximum absolute atomic E-state index is 13.2. The van der Waals surface area contributed by atoms with Crippen molar-refractivity contribution < 1.29 is 0 Å². The molecular weight excluding hydrogens is 409 g/mol. The molecule has 1 aliphatic heterocycles. The molecule has 2 fully saturated rings. The van der Waals surface area contributed by atoms with Crippen LogP contribution in [0, 0.1) is 12.3 Å². The van der Waals surface area contributed by atoms with E-state index in [0.717, 1.165) is 32.4 Å². The van der Waals surface area contributed by atoms with Crippen molar-refractivity contribution >= 4 is 41.7 Å². The molecule has 8 heteroatoms. The van der Waals surface area contributed by atoms with Gasteiger partial charge in [-0.1, -0.05) is 35.7 Å². The van der Waals surface area contributed by atoms with Gasteiger partial charge >= 0.3 is 0 Å². The molecule has 154 valence electrons. The van der Waals surface area contributed by atoms with Crippen molar-refractivity contribution in [3.63, 3.8) is 0 Å². The van der Waals surface area contributed by atoms with E-state index in [2.05, 4.69) is 21.6 Å². The molecule has 0 amide bonds. The maximum atomic E-state index is 13.2. The summed E-state index contributed by atoms with van der Waals surface area (Å²) in [5.41, 5.74) is 7.22. The summed E-state index contributed by atoms with van der Waals surface area (Å²) in [7, 11) is 0. The first-order valence-corrected chi connectivity index (χ1v) is 10.7. The zero-order valence-electron chi connectivity index (χ0n) is 16.5. The summed E-state index contributed by atoms with van der Waals surface area (Å²) in [5.74, 6) is 0.754. The monoisotopic (exact) mass is 433 g/mol. The molecule has 29 heavy (non-hydrogen) atoms. The van der Waals surface area contributed by atoms with E-state index in [-0.39, 0.29) is 21.9 Å². The van der Waals surface area contributed by atoms with Crippen LogP contribution >= 0.6 is 23.2 Å². The van der Waals surface area contributed by atoms with Crippen molar-refractivity contribution in [2.75, 3.05) is 23.7 Å². The number of piperidine rings is 1. The molecule has 2 heterocycles. The van der Waals surface area contributed by atoms with Crippen molar-refractivity contribution in [3.05, 3.63) is 44.2 Å². The predicted molar refractivity (Wildman–Crippen MR) is 120 cm³/mol. The van der Waals surface area contributed by atoms with Gasteiger partial charge in [0.25, 0.3) is 5.56 Å². The Balaban J connectivity index is 1.66. The fourth-order valence-electron chi connectivity index (χ4n) is 4.97. The number of aromatic nitrogens is 2. The largest absolute Gasteiger partial charge is 0.369 e. The van der Waals surface area contributed by atoms with Crippen LogP contribution in [-0.2, 0) is 0 Å². The number of benzene rings is 1. The number of halogens is 2. The van der Waals surface area contributed by atoms with E-state index in [1.807, 2.05) is 0 Å². The van der Waals surface area contributed by atoms with E-state index in [4.69, 9.17) is 28.9 Å². The van der Waals surface area contributed by atoms with Gasteiger partial charge in [-0.15, -0.1) is 0 Å². The number of hydrogen-bond acceptors (Lipinski definition) is 5. The summed E-state index contributed by atoms with van der Waals surface area (Å²) in [6.45, 7) is 7.25. The molecule has 0 radical (unpaired) electrons. The Morgan fingerprint density at radius 1 is 1.28 bits per heavy atom. The number of nitrogens with zero attached hydrogens (tertiary/aromatic N) is 4. The van der Waals surface area contributed by atoms with Crippen LogP contribution in [0.4, 0.5) is 11.8 Å². The van der Waals surface area contributed by atoms with Crippen LogP contribution in [0.2, 0.25) is 10.0 Å². The molecule has 0 bridgehead atoms. The summed E-state index contributed by atoms with van der Waals surface area (Å²) in [5, 5.41) is 0.640. The summed E-state index contributed by atoms with van der Waals surface area (Å²) < 4.78 is 1.33. The van der Waals surface area contributed by atoms with Gasteiger partial charge in [0.05, 0.1) is 27.3 Å². The molecule has 6 nitrogen and oxygen atoms in total. The lowest BCUT2D eigenvalue weighted by molar-refractivity contribution is 0.199. The Hall–Kier alpha value is -2.05. The highest BCUT2D eigenvalue weighted by atomic mass is 35.5. The zero-order chi connectivity index (χ0) is 20.8. The van der Waals surface area contributed by atoms with Crippen LogP contribution in [-0.4, -0.2) is 35.4 Å². The number of aliphatic imine (C=N–C) groups is 1. The highest BCUT2D eigenvalue weighted by Crippen LogP contribution is 2.48. The molecule has 1 spiro atoms. The SMILES string of the molecule is C=N[C@H]1CCCC12CCN(c1nc(N)n(-c3cccc(Cl)c3Cl)c(=O)c1C)CC2. The van der Waals surface area contributed by atoms with Crippen LogP contribution in [0.1, 0.15) is 37.7 Å². The van der Waals surface area contributed by atoms with Gasteiger partial charge in [-0.2, -0.15) is 4.98 Å². The molecule has 1 aromatic carbocycles. The van der Waals surface area contributed by atoms with E-state index in [0.29, 0.717) is 28.1 Å². The molecule has 4 rings (SSSR count). The van der Waals surface area contributed by atoms with Gasteiger partial charge in [0.2, 0.25) is 5.95 Å². The van der Waals surface area contributed by atoms with E-state index in [1.54, 1.807) is 25.1 Å². The van der Waals surface area contributed by atoms with Crippen LogP contribution in [0.3, 0.4) is 0 Å². The molecule has 1 aromatic heterocycles. The minimum Gasteiger partial charge on any atom is -0.369 e. The van der Waals surface area contributed by atoms with Crippen molar-refractivity contribution in [1.82, 2.24) is 9.55 Å². The molecule has 2 aliphatic rings. The second-order valence-corrected chi connectivity index (χ2v) is 8.86. The topological polar surface area (TPSA) is 76.5 Å². The fraction of sp³-hybridized carbons (Fsp3) is 0.476. The first-order chi connectivity index (χ1) is 13.9. The average Bonchev–Trinajstić information content (AvgIpc) is 3.11. The quantitative estimate of drug-likeness (QED) is 0.732. The Morgan fingerprint density at radius 2 is 2.00 bits per heavy atom. The summed E-state index contributed by atoms with van der Waals surface area (Å²) in [6.07, 6.45) is 5.60. The number of nitrogens with two attached hydrogens (primary N) is 1. The Kier molecular flexibility index (Phi) is 5.34. The van der Waals surface area contributed by atoms with Crippen LogP contribution in [0.15, 0.2) is 28.0 Å². The predicted octanol–water partition coefficient (Wildman–Crippen LogP) is 4.27. The number of nitrogen functional groups attached to an aromatic ring is 1. The third kappa shape index (κ3) is 3.32. The van der Waals surface area contributed by atoms with Crippen molar-refractivity contribution in [2.45, 2.75) is 45.1 Å². The molecule has 1 saturated heterocycles. The fourth-order valence-corrected chi connectivity index (χ4v) is 5.35. The highest BCUT2D eigenvalue weighted by molar-refractivity contribution is 6.43. The first-order valence-electron chi connectivity index (χ1n) is 9.92. The van der Waals surface area contributed by atoms with Gasteiger partial charge in [-0.3, -0.25) is 9.79 Å². The Labute approximate surface area is 180 Å². The van der Waals surface area contributed by atoms with E-state index < -0.39 is 0 Å². The molecule has 1 atom stereocenters. The molecule has 2 N–H and O–H groups in total. The van der Waals surface area contributed by atoms with Crippen molar-refractivity contribution in [2.24, 2.45) is 10.4 Å². The van der Waals surface area contributed by atoms with Gasteiger partial charge in [-0.05, 0) is 56.9 Å². The minimum absolute atomic E-state index is 0.103. The van der Waals surface area contributed by atoms with Crippen molar-refractivity contribution in [1.29, 1.82) is 0 Å². The number of anilines is 2. The minimum atomic E-state index is -0.233. The normalized spacial score (nSPS) is 20.9. The van der Waals surface area contributed by atoms with E-state index in [1.165, 1.54) is 17.4 Å². The van der Waals surface area contributed by atoms with Crippen molar-refractivity contribution in [3.8, 4) is 5.69 Å². The third-order valence-corrected chi connectivity index (χ3v) is 7.43. The number of rotatable bonds is 3. The maximum Gasteiger partial charge on any atom is 0.264 e. The highest BCUT2D eigenvalue weighted by Gasteiger charge is 2.44. The molecule has 0 unspecified atom stereocenters. The summed E-state index contributed by atoms with van der Waals surface area (Å²) >= 11 is 12.4. The van der Waals surface area contributed by atoms with Crippen LogP contribution in [0.5, 0.6) is 0 Å². The van der Waals surface area contributed by atoms with Gasteiger partial charge in [0.1, 0.15) is 5.82 Å². The summed E-state index contributed by atoms with van der Waals surface area (Å²) in [4.78, 5) is 24.3. The molecule has 1 aliphatic carbocycles. The second kappa shape index (κ2) is 7.65.